The molecule has 19 heavy (non-hydrogen) atoms. The van der Waals surface area contributed by atoms with Gasteiger partial charge in [0, 0.05) is 13.0 Å². The van der Waals surface area contributed by atoms with Gasteiger partial charge in [-0.2, -0.15) is 5.26 Å². The fraction of sp³-hybridized carbons (Fsp3) is 0.308. The fourth-order valence-electron chi connectivity index (χ4n) is 1.96. The first-order chi connectivity index (χ1) is 9.11. The van der Waals surface area contributed by atoms with E-state index >= 15 is 0 Å². The van der Waals surface area contributed by atoms with Crippen LogP contribution in [0.15, 0.2) is 24.3 Å². The zero-order valence-electron chi connectivity index (χ0n) is 10.1. The lowest BCUT2D eigenvalue weighted by molar-refractivity contribution is -0.144. The minimum absolute atomic E-state index is 0.321. The molecule has 0 spiro atoms. The third-order valence-electron chi connectivity index (χ3n) is 2.85. The Morgan fingerprint density at radius 2 is 2.26 bits per heavy atom. The molecule has 1 aliphatic heterocycles. The second-order valence-electron chi connectivity index (χ2n) is 4.16. The molecule has 1 amide bonds. The molecule has 6 nitrogen and oxygen atoms in total. The monoisotopic (exact) mass is 260 g/mol. The number of benzene rings is 1. The summed E-state index contributed by atoms with van der Waals surface area (Å²) in [4.78, 5) is 23.7. The number of carbonyl (C=O) groups excluding carboxylic acids is 1. The van der Waals surface area contributed by atoms with Crippen LogP contribution in [0.3, 0.4) is 0 Å². The van der Waals surface area contributed by atoms with Crippen molar-refractivity contribution in [2.45, 2.75) is 12.5 Å². The summed E-state index contributed by atoms with van der Waals surface area (Å²) in [7, 11) is 0. The van der Waals surface area contributed by atoms with Crippen LogP contribution in [-0.4, -0.2) is 41.1 Å². The maximum atomic E-state index is 11.9. The number of aliphatic carboxylic acids is 1. The molecule has 1 unspecified atom stereocenters. The Balaban J connectivity index is 2.07. The molecule has 0 saturated carbocycles. The molecule has 2 rings (SSSR count). The molecule has 98 valence electrons. The molecule has 0 aliphatic carbocycles. The van der Waals surface area contributed by atoms with Gasteiger partial charge in [-0.15, -0.1) is 0 Å². The van der Waals surface area contributed by atoms with E-state index in [9.17, 15) is 9.59 Å². The molecule has 0 aromatic heterocycles. The molecule has 1 heterocycles. The number of amides is 1. The van der Waals surface area contributed by atoms with Crippen LogP contribution in [0, 0.1) is 11.3 Å². The maximum Gasteiger partial charge on any atom is 0.323 e. The minimum Gasteiger partial charge on any atom is -0.480 e. The summed E-state index contributed by atoms with van der Waals surface area (Å²) in [5.41, 5.74) is 0.354. The number of carboxylic acids is 1. The van der Waals surface area contributed by atoms with Crippen molar-refractivity contribution in [3.05, 3.63) is 29.8 Å². The smallest absolute Gasteiger partial charge is 0.323 e. The van der Waals surface area contributed by atoms with E-state index in [-0.39, 0.29) is 12.5 Å². The first-order valence-corrected chi connectivity index (χ1v) is 5.78. The van der Waals surface area contributed by atoms with Crippen molar-refractivity contribution in [1.29, 1.82) is 5.26 Å². The van der Waals surface area contributed by atoms with Gasteiger partial charge in [0.05, 0.1) is 5.56 Å². The van der Waals surface area contributed by atoms with E-state index < -0.39 is 12.1 Å². The standard InChI is InChI=1S/C13H12N2O4/c14-7-9-3-1-2-4-10(9)19-11-5-6-15(13(11)18)8-12(16)17/h1-4,11H,5-6,8H2,(H,16,17). The molecule has 0 bridgehead atoms. The van der Waals surface area contributed by atoms with Gasteiger partial charge >= 0.3 is 5.97 Å². The number of para-hydroxylation sites is 1. The molecular weight excluding hydrogens is 248 g/mol. The van der Waals surface area contributed by atoms with Crippen molar-refractivity contribution in [2.75, 3.05) is 13.1 Å². The summed E-state index contributed by atoms with van der Waals surface area (Å²) in [6.07, 6.45) is -0.292. The third-order valence-corrected chi connectivity index (χ3v) is 2.85. The highest BCUT2D eigenvalue weighted by Crippen LogP contribution is 2.22. The van der Waals surface area contributed by atoms with Crippen LogP contribution >= 0.6 is 0 Å². The summed E-state index contributed by atoms with van der Waals surface area (Å²) >= 11 is 0. The Morgan fingerprint density at radius 3 is 2.95 bits per heavy atom. The van der Waals surface area contributed by atoms with Gasteiger partial charge in [0.25, 0.3) is 5.91 Å². The van der Waals surface area contributed by atoms with Gasteiger partial charge < -0.3 is 14.7 Å². The Labute approximate surface area is 109 Å². The van der Waals surface area contributed by atoms with Crippen molar-refractivity contribution in [3.8, 4) is 11.8 Å². The summed E-state index contributed by atoms with van der Waals surface area (Å²) in [5, 5.41) is 17.6. The lowest BCUT2D eigenvalue weighted by Crippen LogP contribution is -2.35. The van der Waals surface area contributed by atoms with E-state index in [4.69, 9.17) is 15.1 Å². The normalized spacial score (nSPS) is 18.2. The topological polar surface area (TPSA) is 90.6 Å². The predicted octanol–water partition coefficient (Wildman–Crippen LogP) is 0.623. The molecule has 1 aromatic rings. The lowest BCUT2D eigenvalue weighted by atomic mass is 10.2. The third kappa shape index (κ3) is 2.83. The number of likely N-dealkylation sites (tertiary alicyclic amines) is 1. The molecular formula is C13H12N2O4. The van der Waals surface area contributed by atoms with Crippen molar-refractivity contribution < 1.29 is 19.4 Å². The van der Waals surface area contributed by atoms with Crippen LogP contribution in [0.25, 0.3) is 0 Å². The average Bonchev–Trinajstić information content (AvgIpc) is 2.72. The number of ether oxygens (including phenoxy) is 1. The summed E-state index contributed by atoms with van der Waals surface area (Å²) in [6, 6.07) is 8.62. The Morgan fingerprint density at radius 1 is 1.53 bits per heavy atom. The number of hydrogen-bond donors (Lipinski definition) is 1. The van der Waals surface area contributed by atoms with Crippen LogP contribution in [0.1, 0.15) is 12.0 Å². The highest BCUT2D eigenvalue weighted by molar-refractivity contribution is 5.86. The molecule has 1 N–H and O–H groups in total. The zero-order valence-corrected chi connectivity index (χ0v) is 10.1. The van der Waals surface area contributed by atoms with Crippen LogP contribution in [0.5, 0.6) is 5.75 Å². The van der Waals surface area contributed by atoms with Crippen molar-refractivity contribution >= 4 is 11.9 Å². The predicted molar refractivity (Wildman–Crippen MR) is 64.4 cm³/mol. The first-order valence-electron chi connectivity index (χ1n) is 5.78. The molecule has 1 aromatic carbocycles. The van der Waals surface area contributed by atoms with Crippen molar-refractivity contribution in [1.82, 2.24) is 4.90 Å². The number of nitriles is 1. The number of nitrogens with zero attached hydrogens (tertiary/aromatic N) is 2. The second kappa shape index (κ2) is 5.40. The summed E-state index contributed by atoms with van der Waals surface area (Å²) in [6.45, 7) is 0.0309. The molecule has 6 heteroatoms. The number of carbonyl (C=O) groups is 2. The van der Waals surface area contributed by atoms with Crippen molar-refractivity contribution in [2.24, 2.45) is 0 Å². The van der Waals surface area contributed by atoms with E-state index in [1.165, 1.54) is 4.90 Å². The quantitative estimate of drug-likeness (QED) is 0.857. The largest absolute Gasteiger partial charge is 0.480 e. The van der Waals surface area contributed by atoms with Crippen molar-refractivity contribution in [3.63, 3.8) is 0 Å². The molecule has 1 atom stereocenters. The van der Waals surface area contributed by atoms with Crippen LogP contribution in [0.2, 0.25) is 0 Å². The van der Waals surface area contributed by atoms with E-state index in [1.807, 2.05) is 6.07 Å². The molecule has 1 saturated heterocycles. The van der Waals surface area contributed by atoms with E-state index in [0.717, 1.165) is 0 Å². The number of carboxylic acid groups (broad SMARTS) is 1. The van der Waals surface area contributed by atoms with Gasteiger partial charge in [-0.1, -0.05) is 12.1 Å². The first kappa shape index (κ1) is 12.9. The molecule has 1 aliphatic rings. The van der Waals surface area contributed by atoms with Gasteiger partial charge in [-0.3, -0.25) is 9.59 Å². The lowest BCUT2D eigenvalue weighted by Gasteiger charge is -2.15. The highest BCUT2D eigenvalue weighted by Gasteiger charge is 2.34. The molecule has 0 radical (unpaired) electrons. The highest BCUT2D eigenvalue weighted by atomic mass is 16.5. The van der Waals surface area contributed by atoms with Crippen LogP contribution < -0.4 is 4.74 Å². The zero-order chi connectivity index (χ0) is 13.8. The number of rotatable bonds is 4. The van der Waals surface area contributed by atoms with E-state index in [1.54, 1.807) is 24.3 Å². The SMILES string of the molecule is N#Cc1ccccc1OC1CCN(CC(=O)O)C1=O. The van der Waals surface area contributed by atoms with Gasteiger partial charge in [0.15, 0.2) is 6.10 Å². The average molecular weight is 260 g/mol. The van der Waals surface area contributed by atoms with Crippen LogP contribution in [0.4, 0.5) is 0 Å². The number of hydrogen-bond acceptors (Lipinski definition) is 4. The maximum absolute atomic E-state index is 11.9. The van der Waals surface area contributed by atoms with Gasteiger partial charge in [-0.05, 0) is 12.1 Å². The van der Waals surface area contributed by atoms with Crippen LogP contribution in [-0.2, 0) is 9.59 Å². The van der Waals surface area contributed by atoms with Gasteiger partial charge in [-0.25, -0.2) is 0 Å². The summed E-state index contributed by atoms with van der Waals surface area (Å²) < 4.78 is 5.51. The van der Waals surface area contributed by atoms with E-state index in [2.05, 4.69) is 0 Å². The Bertz CT molecular complexity index is 550. The van der Waals surface area contributed by atoms with E-state index in [0.29, 0.717) is 24.3 Å². The van der Waals surface area contributed by atoms with Gasteiger partial charge in [0.2, 0.25) is 0 Å². The molecule has 1 fully saturated rings. The fourth-order valence-corrected chi connectivity index (χ4v) is 1.96. The minimum atomic E-state index is -1.05. The second-order valence-corrected chi connectivity index (χ2v) is 4.16. The summed E-state index contributed by atoms with van der Waals surface area (Å²) in [5.74, 6) is -1.05. The van der Waals surface area contributed by atoms with Gasteiger partial charge in [0.1, 0.15) is 18.4 Å². The Kier molecular flexibility index (Phi) is 3.66. The Hall–Kier alpha value is -2.55.